The number of anilines is 3. The summed E-state index contributed by atoms with van der Waals surface area (Å²) in [6.45, 7) is 8.29. The summed E-state index contributed by atoms with van der Waals surface area (Å²) in [5.41, 5.74) is 11.7. The molecule has 184 valence electrons. The van der Waals surface area contributed by atoms with Crippen LogP contribution >= 0.6 is 0 Å². The summed E-state index contributed by atoms with van der Waals surface area (Å²) in [5.74, 6) is 2.18. The van der Waals surface area contributed by atoms with Gasteiger partial charge in [-0.25, -0.2) is 15.0 Å². The molecule has 9 nitrogen and oxygen atoms in total. The number of nitrogens with two attached hydrogens (primary N) is 1. The Morgan fingerprint density at radius 1 is 1.08 bits per heavy atom. The van der Waals surface area contributed by atoms with Crippen LogP contribution in [0.5, 0.6) is 0 Å². The summed E-state index contributed by atoms with van der Waals surface area (Å²) in [5, 5.41) is 14.2. The first-order chi connectivity index (χ1) is 17.2. The van der Waals surface area contributed by atoms with Crippen molar-refractivity contribution in [2.45, 2.75) is 38.8 Å². The SMILES string of the molecule is CNc1cc(-c2cccnc2Nc2c(C)ccc3c2C=CNC3(N)c2cc(C(C)(C)C)on2)ncn1. The Kier molecular flexibility index (Phi) is 5.72. The zero-order valence-electron chi connectivity index (χ0n) is 21.0. The highest BCUT2D eigenvalue weighted by molar-refractivity contribution is 5.83. The van der Waals surface area contributed by atoms with Gasteiger partial charge in [-0.3, -0.25) is 5.73 Å². The topological polar surface area (TPSA) is 127 Å². The van der Waals surface area contributed by atoms with Crippen LogP contribution in [-0.2, 0) is 11.1 Å². The smallest absolute Gasteiger partial charge is 0.160 e. The Morgan fingerprint density at radius 2 is 1.92 bits per heavy atom. The monoisotopic (exact) mass is 482 g/mol. The van der Waals surface area contributed by atoms with E-state index in [-0.39, 0.29) is 5.41 Å². The van der Waals surface area contributed by atoms with Crippen molar-refractivity contribution in [3.05, 3.63) is 83.3 Å². The van der Waals surface area contributed by atoms with E-state index >= 15 is 0 Å². The molecule has 4 heterocycles. The Balaban J connectivity index is 1.59. The van der Waals surface area contributed by atoms with Crippen molar-refractivity contribution in [3.8, 4) is 11.3 Å². The number of aromatic nitrogens is 4. The first kappa shape index (κ1) is 23.5. The molecule has 0 radical (unpaired) electrons. The molecule has 4 aromatic rings. The van der Waals surface area contributed by atoms with Gasteiger partial charge in [0.2, 0.25) is 0 Å². The summed E-state index contributed by atoms with van der Waals surface area (Å²) < 4.78 is 5.66. The molecule has 0 bridgehead atoms. The lowest BCUT2D eigenvalue weighted by atomic mass is 9.86. The van der Waals surface area contributed by atoms with Gasteiger partial charge in [0.15, 0.2) is 5.66 Å². The number of nitrogens with zero attached hydrogens (tertiary/aromatic N) is 4. The van der Waals surface area contributed by atoms with E-state index in [9.17, 15) is 0 Å². The minimum absolute atomic E-state index is 0.182. The molecule has 3 aromatic heterocycles. The highest BCUT2D eigenvalue weighted by Gasteiger charge is 2.38. The Hall–Kier alpha value is -4.24. The van der Waals surface area contributed by atoms with Gasteiger partial charge in [0.05, 0.1) is 11.4 Å². The molecule has 5 N–H and O–H groups in total. The summed E-state index contributed by atoms with van der Waals surface area (Å²) in [7, 11) is 1.83. The van der Waals surface area contributed by atoms with E-state index in [1.54, 1.807) is 6.20 Å². The maximum Gasteiger partial charge on any atom is 0.160 e. The number of pyridine rings is 1. The Morgan fingerprint density at radius 3 is 2.67 bits per heavy atom. The summed E-state index contributed by atoms with van der Waals surface area (Å²) in [4.78, 5) is 13.3. The highest BCUT2D eigenvalue weighted by atomic mass is 16.5. The van der Waals surface area contributed by atoms with Gasteiger partial charge < -0.3 is 20.5 Å². The molecule has 0 saturated carbocycles. The third-order valence-electron chi connectivity index (χ3n) is 6.34. The molecule has 5 rings (SSSR count). The maximum absolute atomic E-state index is 6.96. The third-order valence-corrected chi connectivity index (χ3v) is 6.34. The van der Waals surface area contributed by atoms with Crippen molar-refractivity contribution in [2.24, 2.45) is 5.73 Å². The predicted molar refractivity (Wildman–Crippen MR) is 142 cm³/mol. The van der Waals surface area contributed by atoms with Crippen LogP contribution < -0.4 is 21.7 Å². The molecule has 0 saturated heterocycles. The molecule has 36 heavy (non-hydrogen) atoms. The molecule has 1 atom stereocenters. The normalized spacial score (nSPS) is 16.8. The third kappa shape index (κ3) is 4.07. The zero-order chi connectivity index (χ0) is 25.5. The van der Waals surface area contributed by atoms with Crippen molar-refractivity contribution in [2.75, 3.05) is 17.7 Å². The summed E-state index contributed by atoms with van der Waals surface area (Å²) in [6, 6.07) is 11.8. The lowest BCUT2D eigenvalue weighted by Gasteiger charge is -2.34. The van der Waals surface area contributed by atoms with Crippen molar-refractivity contribution in [1.29, 1.82) is 0 Å². The van der Waals surface area contributed by atoms with Crippen molar-refractivity contribution < 1.29 is 4.52 Å². The van der Waals surface area contributed by atoms with Gasteiger partial charge in [-0.05, 0) is 36.9 Å². The van der Waals surface area contributed by atoms with E-state index in [4.69, 9.17) is 10.3 Å². The van der Waals surface area contributed by atoms with Crippen LogP contribution in [0.4, 0.5) is 17.3 Å². The van der Waals surface area contributed by atoms with E-state index in [0.29, 0.717) is 11.5 Å². The average Bonchev–Trinajstić information content (AvgIpc) is 3.38. The number of hydrogen-bond acceptors (Lipinski definition) is 9. The second kappa shape index (κ2) is 8.76. The fourth-order valence-electron chi connectivity index (χ4n) is 4.24. The maximum atomic E-state index is 6.96. The largest absolute Gasteiger partial charge is 0.373 e. The molecule has 0 fully saturated rings. The van der Waals surface area contributed by atoms with Gasteiger partial charge in [0.25, 0.3) is 0 Å². The van der Waals surface area contributed by atoms with Crippen LogP contribution in [0.25, 0.3) is 17.3 Å². The van der Waals surface area contributed by atoms with Crippen LogP contribution in [0.1, 0.15) is 48.9 Å². The number of benzene rings is 1. The van der Waals surface area contributed by atoms with E-state index in [1.807, 2.05) is 55.7 Å². The van der Waals surface area contributed by atoms with E-state index in [1.165, 1.54) is 6.33 Å². The van der Waals surface area contributed by atoms with Gasteiger partial charge >= 0.3 is 0 Å². The first-order valence-corrected chi connectivity index (χ1v) is 11.8. The lowest BCUT2D eigenvalue weighted by molar-refractivity contribution is 0.314. The molecule has 1 unspecified atom stereocenters. The van der Waals surface area contributed by atoms with E-state index < -0.39 is 5.66 Å². The fraction of sp³-hybridized carbons (Fsp3) is 0.259. The standard InChI is InChI=1S/C27H30N8O/c1-16-8-9-19-17(10-12-33-27(19,28)21-14-22(36-35-21)26(2,3)4)24(16)34-25-18(7-6-11-30-25)20-13-23(29-5)32-15-31-20/h6-15,33H,28H2,1-5H3,(H,30,34)(H,29,31,32). The van der Waals surface area contributed by atoms with Crippen LogP contribution in [0.3, 0.4) is 0 Å². The number of rotatable bonds is 5. The number of hydrogen-bond donors (Lipinski definition) is 4. The molecular weight excluding hydrogens is 452 g/mol. The fourth-order valence-corrected chi connectivity index (χ4v) is 4.24. The Labute approximate surface area is 210 Å². The quantitative estimate of drug-likeness (QED) is 0.321. The van der Waals surface area contributed by atoms with Crippen LogP contribution in [0.15, 0.2) is 59.6 Å². The number of nitrogens with one attached hydrogen (secondary N) is 3. The van der Waals surface area contributed by atoms with Gasteiger partial charge in [-0.15, -0.1) is 0 Å². The van der Waals surface area contributed by atoms with Crippen molar-refractivity contribution >= 4 is 23.4 Å². The number of fused-ring (bicyclic) bond motifs is 1. The predicted octanol–water partition coefficient (Wildman–Crippen LogP) is 4.65. The minimum Gasteiger partial charge on any atom is -0.373 e. The molecule has 0 aliphatic carbocycles. The van der Waals surface area contributed by atoms with Gasteiger partial charge in [0, 0.05) is 47.5 Å². The van der Waals surface area contributed by atoms with E-state index in [0.717, 1.165) is 45.2 Å². The zero-order valence-corrected chi connectivity index (χ0v) is 21.0. The molecule has 0 spiro atoms. The molecule has 1 aliphatic rings. The van der Waals surface area contributed by atoms with Gasteiger partial charge in [-0.2, -0.15) is 0 Å². The number of aryl methyl sites for hydroxylation is 1. The summed E-state index contributed by atoms with van der Waals surface area (Å²) in [6.07, 6.45) is 7.15. The second-order valence-corrected chi connectivity index (χ2v) is 9.89. The van der Waals surface area contributed by atoms with E-state index in [2.05, 4.69) is 63.8 Å². The minimum atomic E-state index is -1.05. The molecule has 1 aromatic carbocycles. The van der Waals surface area contributed by atoms with Gasteiger partial charge in [0.1, 0.15) is 29.4 Å². The average molecular weight is 483 g/mol. The van der Waals surface area contributed by atoms with Gasteiger partial charge in [-0.1, -0.05) is 38.1 Å². The van der Waals surface area contributed by atoms with Crippen LogP contribution in [0, 0.1) is 6.92 Å². The lowest BCUT2D eigenvalue weighted by Crippen LogP contribution is -2.51. The van der Waals surface area contributed by atoms with Crippen molar-refractivity contribution in [3.63, 3.8) is 0 Å². The highest BCUT2D eigenvalue weighted by Crippen LogP contribution is 2.39. The van der Waals surface area contributed by atoms with Crippen LogP contribution in [0.2, 0.25) is 0 Å². The first-order valence-electron chi connectivity index (χ1n) is 11.8. The van der Waals surface area contributed by atoms with Crippen molar-refractivity contribution in [1.82, 2.24) is 25.4 Å². The molecular formula is C27H30N8O. The summed E-state index contributed by atoms with van der Waals surface area (Å²) >= 11 is 0. The molecule has 9 heteroatoms. The second-order valence-electron chi connectivity index (χ2n) is 9.89. The van der Waals surface area contributed by atoms with Crippen LogP contribution in [-0.4, -0.2) is 27.2 Å². The Bertz CT molecular complexity index is 1450. The molecule has 0 amide bonds. The molecule has 1 aliphatic heterocycles.